The first-order chi connectivity index (χ1) is 14.6. The van der Waals surface area contributed by atoms with E-state index < -0.39 is 11.7 Å². The molecule has 2 rings (SSSR count). The number of rotatable bonds is 8. The van der Waals surface area contributed by atoms with Gasteiger partial charge in [-0.2, -0.15) is 0 Å². The van der Waals surface area contributed by atoms with Crippen molar-refractivity contribution in [3.8, 4) is 0 Å². The summed E-state index contributed by atoms with van der Waals surface area (Å²) in [6, 6.07) is 13.2. The smallest absolute Gasteiger partial charge is 0.408 e. The molecule has 0 aliphatic heterocycles. The van der Waals surface area contributed by atoms with Crippen LogP contribution in [-0.2, 0) is 27.3 Å². The number of benzene rings is 2. The Balaban J connectivity index is 1.70. The van der Waals surface area contributed by atoms with E-state index in [9.17, 15) is 18.8 Å². The second-order valence-corrected chi connectivity index (χ2v) is 8.01. The molecule has 0 aliphatic rings. The van der Waals surface area contributed by atoms with Gasteiger partial charge in [0.25, 0.3) is 0 Å². The third-order valence-electron chi connectivity index (χ3n) is 4.05. The lowest BCUT2D eigenvalue weighted by Gasteiger charge is -2.19. The Morgan fingerprint density at radius 3 is 2.29 bits per heavy atom. The van der Waals surface area contributed by atoms with Crippen molar-refractivity contribution < 1.29 is 23.5 Å². The van der Waals surface area contributed by atoms with Crippen LogP contribution in [0.15, 0.2) is 48.5 Å². The molecule has 0 fully saturated rings. The van der Waals surface area contributed by atoms with E-state index in [-0.39, 0.29) is 30.6 Å². The Labute approximate surface area is 181 Å². The minimum atomic E-state index is -0.661. The van der Waals surface area contributed by atoms with Gasteiger partial charge < -0.3 is 20.7 Å². The first-order valence-corrected chi connectivity index (χ1v) is 9.97. The first-order valence-electron chi connectivity index (χ1n) is 9.97. The van der Waals surface area contributed by atoms with Gasteiger partial charge in [0, 0.05) is 18.7 Å². The summed E-state index contributed by atoms with van der Waals surface area (Å²) in [7, 11) is 0. The molecule has 166 valence electrons. The number of amides is 3. The lowest BCUT2D eigenvalue weighted by molar-refractivity contribution is -0.121. The number of halogens is 1. The van der Waals surface area contributed by atoms with Gasteiger partial charge >= 0.3 is 6.09 Å². The molecule has 3 N–H and O–H groups in total. The Hall–Kier alpha value is -3.42. The predicted molar refractivity (Wildman–Crippen MR) is 116 cm³/mol. The van der Waals surface area contributed by atoms with Crippen molar-refractivity contribution in [1.82, 2.24) is 10.6 Å². The van der Waals surface area contributed by atoms with Crippen LogP contribution in [0, 0.1) is 5.82 Å². The average molecular weight is 429 g/mol. The molecule has 8 heteroatoms. The third kappa shape index (κ3) is 9.75. The normalized spacial score (nSPS) is 10.8. The zero-order valence-corrected chi connectivity index (χ0v) is 18.0. The van der Waals surface area contributed by atoms with Crippen molar-refractivity contribution >= 4 is 23.6 Å². The van der Waals surface area contributed by atoms with Crippen LogP contribution in [0.5, 0.6) is 0 Å². The molecule has 0 aliphatic carbocycles. The van der Waals surface area contributed by atoms with E-state index in [1.807, 2.05) is 0 Å². The summed E-state index contributed by atoms with van der Waals surface area (Å²) in [5, 5.41) is 7.87. The Morgan fingerprint density at radius 2 is 1.65 bits per heavy atom. The quantitative estimate of drug-likeness (QED) is 0.598. The largest absolute Gasteiger partial charge is 0.444 e. The van der Waals surface area contributed by atoms with Gasteiger partial charge in [-0.1, -0.05) is 24.3 Å². The van der Waals surface area contributed by atoms with Gasteiger partial charge in [-0.25, -0.2) is 9.18 Å². The summed E-state index contributed by atoms with van der Waals surface area (Å²) in [5.41, 5.74) is 1.57. The Bertz CT molecular complexity index is 908. The van der Waals surface area contributed by atoms with Gasteiger partial charge in [-0.3, -0.25) is 9.59 Å². The van der Waals surface area contributed by atoms with Crippen LogP contribution in [0.25, 0.3) is 0 Å². The molecule has 0 radical (unpaired) electrons. The standard InChI is InChI=1S/C23H28FN3O4/c1-23(2,3)31-22(30)26-15-21(29)27-19-10-7-17(8-11-19)14-25-20(28)12-9-16-5-4-6-18(24)13-16/h4-8,10-11,13H,9,12,14-15H2,1-3H3,(H,25,28)(H,26,30)(H,27,29). The van der Waals surface area contributed by atoms with Crippen LogP contribution in [0.3, 0.4) is 0 Å². The number of nitrogens with one attached hydrogen (secondary N) is 3. The van der Waals surface area contributed by atoms with Gasteiger partial charge in [0.1, 0.15) is 18.0 Å². The highest BCUT2D eigenvalue weighted by molar-refractivity contribution is 5.93. The topological polar surface area (TPSA) is 96.5 Å². The fourth-order valence-corrected chi connectivity index (χ4v) is 2.62. The molecule has 7 nitrogen and oxygen atoms in total. The maximum Gasteiger partial charge on any atom is 0.408 e. The zero-order valence-electron chi connectivity index (χ0n) is 18.0. The molecular weight excluding hydrogens is 401 g/mol. The molecule has 0 heterocycles. The molecule has 0 atom stereocenters. The van der Waals surface area contributed by atoms with Crippen LogP contribution in [0.4, 0.5) is 14.9 Å². The average Bonchev–Trinajstić information content (AvgIpc) is 2.69. The number of carbonyl (C=O) groups excluding carboxylic acids is 3. The van der Waals surface area contributed by atoms with Gasteiger partial charge in [-0.15, -0.1) is 0 Å². The number of hydrogen-bond donors (Lipinski definition) is 3. The Morgan fingerprint density at radius 1 is 0.935 bits per heavy atom. The summed E-state index contributed by atoms with van der Waals surface area (Å²) in [6.45, 7) is 5.34. The highest BCUT2D eigenvalue weighted by Gasteiger charge is 2.16. The van der Waals surface area contributed by atoms with E-state index in [2.05, 4.69) is 16.0 Å². The molecular formula is C23H28FN3O4. The molecule has 0 unspecified atom stereocenters. The number of anilines is 1. The summed E-state index contributed by atoms with van der Waals surface area (Å²) in [6.07, 6.45) is 0.0693. The van der Waals surface area contributed by atoms with Crippen molar-refractivity contribution in [2.45, 2.75) is 45.8 Å². The van der Waals surface area contributed by atoms with E-state index in [1.165, 1.54) is 12.1 Å². The van der Waals surface area contributed by atoms with Crippen molar-refractivity contribution in [3.63, 3.8) is 0 Å². The third-order valence-corrected chi connectivity index (χ3v) is 4.05. The van der Waals surface area contributed by atoms with Crippen molar-refractivity contribution in [2.75, 3.05) is 11.9 Å². The highest BCUT2D eigenvalue weighted by atomic mass is 19.1. The Kier molecular flexibility index (Phi) is 8.54. The molecule has 31 heavy (non-hydrogen) atoms. The summed E-state index contributed by atoms with van der Waals surface area (Å²) in [4.78, 5) is 35.5. The molecule has 0 bridgehead atoms. The molecule has 0 saturated carbocycles. The van der Waals surface area contributed by atoms with E-state index in [4.69, 9.17) is 4.74 Å². The van der Waals surface area contributed by atoms with Crippen LogP contribution in [0.2, 0.25) is 0 Å². The van der Waals surface area contributed by atoms with E-state index in [1.54, 1.807) is 57.2 Å². The maximum atomic E-state index is 13.2. The van der Waals surface area contributed by atoms with E-state index in [0.717, 1.165) is 11.1 Å². The molecule has 2 aromatic rings. The first kappa shape index (κ1) is 23.9. The molecule has 2 aromatic carbocycles. The number of alkyl carbamates (subject to hydrolysis) is 1. The van der Waals surface area contributed by atoms with E-state index in [0.29, 0.717) is 18.7 Å². The number of carbonyl (C=O) groups is 3. The van der Waals surface area contributed by atoms with Gasteiger partial charge in [0.05, 0.1) is 0 Å². The minimum absolute atomic E-state index is 0.130. The number of aryl methyl sites for hydroxylation is 1. The second-order valence-electron chi connectivity index (χ2n) is 8.01. The number of ether oxygens (including phenoxy) is 1. The second kappa shape index (κ2) is 11.1. The molecule has 3 amide bonds. The minimum Gasteiger partial charge on any atom is -0.444 e. The molecule has 0 aromatic heterocycles. The fraction of sp³-hybridized carbons (Fsp3) is 0.348. The predicted octanol–water partition coefficient (Wildman–Crippen LogP) is 3.54. The van der Waals surface area contributed by atoms with Crippen molar-refractivity contribution in [3.05, 3.63) is 65.5 Å². The van der Waals surface area contributed by atoms with Crippen molar-refractivity contribution in [2.24, 2.45) is 0 Å². The van der Waals surface area contributed by atoms with Crippen LogP contribution < -0.4 is 16.0 Å². The molecule has 0 spiro atoms. The van der Waals surface area contributed by atoms with Crippen LogP contribution >= 0.6 is 0 Å². The van der Waals surface area contributed by atoms with E-state index >= 15 is 0 Å². The zero-order chi connectivity index (χ0) is 22.9. The van der Waals surface area contributed by atoms with Gasteiger partial charge in [0.2, 0.25) is 11.8 Å². The lowest BCUT2D eigenvalue weighted by atomic mass is 10.1. The fourth-order valence-electron chi connectivity index (χ4n) is 2.62. The van der Waals surface area contributed by atoms with Gasteiger partial charge in [-0.05, 0) is 62.6 Å². The molecule has 0 saturated heterocycles. The summed E-state index contributed by atoms with van der Waals surface area (Å²) < 4.78 is 18.2. The summed E-state index contributed by atoms with van der Waals surface area (Å²) in [5.74, 6) is -0.829. The van der Waals surface area contributed by atoms with Gasteiger partial charge in [0.15, 0.2) is 0 Å². The maximum absolute atomic E-state index is 13.2. The van der Waals surface area contributed by atoms with Crippen LogP contribution in [-0.4, -0.2) is 30.1 Å². The monoisotopic (exact) mass is 429 g/mol. The SMILES string of the molecule is CC(C)(C)OC(=O)NCC(=O)Nc1ccc(CNC(=O)CCc2cccc(F)c2)cc1. The van der Waals surface area contributed by atoms with Crippen molar-refractivity contribution in [1.29, 1.82) is 0 Å². The summed E-state index contributed by atoms with van der Waals surface area (Å²) >= 11 is 0. The van der Waals surface area contributed by atoms with Crippen LogP contribution in [0.1, 0.15) is 38.3 Å². The lowest BCUT2D eigenvalue weighted by Crippen LogP contribution is -2.37. The number of hydrogen-bond acceptors (Lipinski definition) is 4. The highest BCUT2D eigenvalue weighted by Crippen LogP contribution is 2.10.